The van der Waals surface area contributed by atoms with Crippen LogP contribution in [-0.4, -0.2) is 11.5 Å². The molecule has 0 aliphatic rings. The molecule has 0 fully saturated rings. The Morgan fingerprint density at radius 3 is 1.38 bits per heavy atom. The van der Waals surface area contributed by atoms with Gasteiger partial charge in [-0.1, -0.05) is 103 Å². The van der Waals surface area contributed by atoms with Crippen molar-refractivity contribution in [3.63, 3.8) is 0 Å². The van der Waals surface area contributed by atoms with Crippen LogP contribution in [0.5, 0.6) is 0 Å². The third kappa shape index (κ3) is 18.4. The molecule has 0 rings (SSSR count). The Hall–Kier alpha value is 0.0700. The van der Waals surface area contributed by atoms with Crippen LogP contribution in [0.25, 0.3) is 0 Å². The molecule has 0 amide bonds. The normalized spacial score (nSPS) is 14.0. The van der Waals surface area contributed by atoms with Crippen LogP contribution in [0.4, 0.5) is 0 Å². The number of unbranched alkanes of at least 4 members (excludes halogenated alkanes) is 15. The van der Waals surface area contributed by atoms with Crippen LogP contribution < -0.4 is 5.90 Å². The third-order valence-corrected chi connectivity index (χ3v) is 5.16. The first-order chi connectivity index (χ1) is 11.6. The van der Waals surface area contributed by atoms with E-state index < -0.39 is 7.82 Å². The molecule has 24 heavy (non-hydrogen) atoms. The Bertz CT molecular complexity index is 303. The zero-order chi connectivity index (χ0) is 17.9. The van der Waals surface area contributed by atoms with Gasteiger partial charge in [0, 0.05) is 0 Å². The second kappa shape index (κ2) is 17.9. The number of rotatable bonds is 19. The number of phosphoric acid groups is 1. The smallest absolute Gasteiger partial charge is 0.302 e. The quantitative estimate of drug-likeness (QED) is 0.160. The molecule has 0 heterocycles. The first-order valence-electron chi connectivity index (χ1n) is 9.98. The highest BCUT2D eigenvalue weighted by atomic mass is 31.2. The molecule has 0 saturated heterocycles. The van der Waals surface area contributed by atoms with Crippen LogP contribution in [0.2, 0.25) is 0 Å². The molecule has 1 unspecified atom stereocenters. The molecule has 1 atom stereocenters. The number of hydrogen-bond donors (Lipinski definition) is 2. The standard InChI is InChI=1S/C18H40NO4P/c1-2-3-4-5-6-7-8-9-10-11-12-13-14-15-16-17-18-22-24(20,21)23-19/h2-19H2,1H3,(H,20,21). The Balaban J connectivity index is 3.06. The second-order valence-corrected chi connectivity index (χ2v) is 8.12. The van der Waals surface area contributed by atoms with Gasteiger partial charge in [-0.2, -0.15) is 0 Å². The van der Waals surface area contributed by atoms with E-state index in [1.807, 2.05) is 0 Å². The Kier molecular flexibility index (Phi) is 17.9. The van der Waals surface area contributed by atoms with Crippen molar-refractivity contribution in [2.45, 2.75) is 110 Å². The van der Waals surface area contributed by atoms with Gasteiger partial charge >= 0.3 is 7.82 Å². The van der Waals surface area contributed by atoms with Crippen molar-refractivity contribution < 1.29 is 18.6 Å². The summed E-state index contributed by atoms with van der Waals surface area (Å²) in [6.07, 6.45) is 20.8. The molecule has 146 valence electrons. The summed E-state index contributed by atoms with van der Waals surface area (Å²) >= 11 is 0. The van der Waals surface area contributed by atoms with Gasteiger partial charge in [-0.3, -0.25) is 4.52 Å². The van der Waals surface area contributed by atoms with Crippen LogP contribution in [0.3, 0.4) is 0 Å². The minimum atomic E-state index is -3.99. The van der Waals surface area contributed by atoms with Gasteiger partial charge in [-0.25, -0.2) is 15.1 Å². The molecule has 0 aromatic carbocycles. The molecule has 0 aliphatic carbocycles. The first kappa shape index (κ1) is 24.1. The summed E-state index contributed by atoms with van der Waals surface area (Å²) in [5.41, 5.74) is 0. The summed E-state index contributed by atoms with van der Waals surface area (Å²) in [6, 6.07) is 0. The molecule has 0 aliphatic heterocycles. The summed E-state index contributed by atoms with van der Waals surface area (Å²) in [5.74, 6) is 4.64. The Labute approximate surface area is 149 Å². The van der Waals surface area contributed by atoms with E-state index in [2.05, 4.69) is 22.0 Å². The predicted octanol–water partition coefficient (Wildman–Crippen LogP) is 6.26. The van der Waals surface area contributed by atoms with Gasteiger partial charge in [0.25, 0.3) is 0 Å². The van der Waals surface area contributed by atoms with Crippen molar-refractivity contribution in [1.82, 2.24) is 0 Å². The molecule has 0 aromatic rings. The summed E-state index contributed by atoms with van der Waals surface area (Å²) in [4.78, 5) is 8.93. The fourth-order valence-electron chi connectivity index (χ4n) is 2.86. The maximum Gasteiger partial charge on any atom is 0.488 e. The molecular formula is C18H40NO4P. The molecule has 6 heteroatoms. The van der Waals surface area contributed by atoms with Gasteiger partial charge in [0.05, 0.1) is 6.61 Å². The average Bonchev–Trinajstić information content (AvgIpc) is 2.57. The van der Waals surface area contributed by atoms with E-state index in [4.69, 9.17) is 4.89 Å². The van der Waals surface area contributed by atoms with Crippen LogP contribution in [-0.2, 0) is 13.7 Å². The molecule has 5 nitrogen and oxygen atoms in total. The summed E-state index contributed by atoms with van der Waals surface area (Å²) in [6.45, 7) is 2.49. The summed E-state index contributed by atoms with van der Waals surface area (Å²) in [7, 11) is -3.99. The number of nitrogens with two attached hydrogens (primary N) is 1. The summed E-state index contributed by atoms with van der Waals surface area (Å²) < 4.78 is 19.4. The monoisotopic (exact) mass is 365 g/mol. The highest BCUT2D eigenvalue weighted by Crippen LogP contribution is 2.40. The van der Waals surface area contributed by atoms with Crippen molar-refractivity contribution in [3.05, 3.63) is 0 Å². The van der Waals surface area contributed by atoms with Gasteiger partial charge in [0.1, 0.15) is 0 Å². The van der Waals surface area contributed by atoms with Crippen LogP contribution >= 0.6 is 7.82 Å². The lowest BCUT2D eigenvalue weighted by atomic mass is 10.0. The van der Waals surface area contributed by atoms with E-state index in [0.717, 1.165) is 19.3 Å². The highest BCUT2D eigenvalue weighted by Gasteiger charge is 2.18. The van der Waals surface area contributed by atoms with E-state index in [-0.39, 0.29) is 6.61 Å². The Morgan fingerprint density at radius 2 is 1.04 bits per heavy atom. The van der Waals surface area contributed by atoms with Crippen molar-refractivity contribution in [2.75, 3.05) is 6.61 Å². The van der Waals surface area contributed by atoms with Crippen LogP contribution in [0, 0.1) is 0 Å². The molecule has 0 radical (unpaired) electrons. The fourth-order valence-corrected chi connectivity index (χ4v) is 3.28. The molecule has 3 N–H and O–H groups in total. The van der Waals surface area contributed by atoms with E-state index in [1.54, 1.807) is 0 Å². The minimum Gasteiger partial charge on any atom is -0.302 e. The number of phosphoric ester groups is 1. The zero-order valence-electron chi connectivity index (χ0n) is 15.7. The molecular weight excluding hydrogens is 325 g/mol. The van der Waals surface area contributed by atoms with Gasteiger partial charge in [0.15, 0.2) is 0 Å². The van der Waals surface area contributed by atoms with Crippen LogP contribution in [0.1, 0.15) is 110 Å². The van der Waals surface area contributed by atoms with Crippen molar-refractivity contribution >= 4 is 7.82 Å². The van der Waals surface area contributed by atoms with Gasteiger partial charge in [-0.05, 0) is 6.42 Å². The first-order valence-corrected chi connectivity index (χ1v) is 11.5. The van der Waals surface area contributed by atoms with Crippen molar-refractivity contribution in [1.29, 1.82) is 0 Å². The van der Waals surface area contributed by atoms with E-state index in [0.29, 0.717) is 0 Å². The van der Waals surface area contributed by atoms with Gasteiger partial charge in [0.2, 0.25) is 0 Å². The lowest BCUT2D eigenvalue weighted by Crippen LogP contribution is -2.01. The van der Waals surface area contributed by atoms with E-state index in [1.165, 1.54) is 83.5 Å². The Morgan fingerprint density at radius 1 is 0.708 bits per heavy atom. The van der Waals surface area contributed by atoms with Crippen molar-refractivity contribution in [2.24, 2.45) is 5.90 Å². The van der Waals surface area contributed by atoms with Gasteiger partial charge < -0.3 is 4.89 Å². The van der Waals surface area contributed by atoms with Crippen LogP contribution in [0.15, 0.2) is 0 Å². The fraction of sp³-hybridized carbons (Fsp3) is 1.00. The SMILES string of the molecule is CCCCCCCCCCCCCCCCCCOP(=O)(O)ON. The largest absolute Gasteiger partial charge is 0.488 e. The topological polar surface area (TPSA) is 81.8 Å². The van der Waals surface area contributed by atoms with E-state index in [9.17, 15) is 4.57 Å². The maximum absolute atomic E-state index is 10.9. The summed E-state index contributed by atoms with van der Waals surface area (Å²) in [5, 5.41) is 0. The minimum absolute atomic E-state index is 0.226. The van der Waals surface area contributed by atoms with Crippen molar-refractivity contribution in [3.8, 4) is 0 Å². The molecule has 0 saturated carbocycles. The second-order valence-electron chi connectivity index (χ2n) is 6.71. The van der Waals surface area contributed by atoms with E-state index >= 15 is 0 Å². The maximum atomic E-state index is 10.9. The zero-order valence-corrected chi connectivity index (χ0v) is 16.6. The number of hydrogen-bond acceptors (Lipinski definition) is 4. The molecule has 0 bridgehead atoms. The molecule has 0 aromatic heterocycles. The lowest BCUT2D eigenvalue weighted by Gasteiger charge is -2.07. The average molecular weight is 365 g/mol. The predicted molar refractivity (Wildman–Crippen MR) is 101 cm³/mol. The lowest BCUT2D eigenvalue weighted by molar-refractivity contribution is 0.149. The highest BCUT2D eigenvalue weighted by molar-refractivity contribution is 7.47. The third-order valence-electron chi connectivity index (χ3n) is 4.39. The molecule has 0 spiro atoms. The van der Waals surface area contributed by atoms with Gasteiger partial charge in [-0.15, -0.1) is 0 Å².